The largest absolute Gasteiger partial charge is 0.506 e. The SMILES string of the molecule is NC(N)=N/N=C/C1CCCN1Cc1cccn1-c1ccccc1O. The average molecular weight is 326 g/mol. The van der Waals surface area contributed by atoms with Gasteiger partial charge in [-0.15, -0.1) is 5.10 Å². The number of phenolic OH excluding ortho intramolecular Hbond substituents is 1. The van der Waals surface area contributed by atoms with Crippen molar-refractivity contribution < 1.29 is 5.11 Å². The van der Waals surface area contributed by atoms with Gasteiger partial charge in [-0.1, -0.05) is 12.1 Å². The summed E-state index contributed by atoms with van der Waals surface area (Å²) in [4.78, 5) is 2.33. The van der Waals surface area contributed by atoms with Crippen LogP contribution in [-0.4, -0.2) is 39.3 Å². The van der Waals surface area contributed by atoms with Crippen molar-refractivity contribution in [2.45, 2.75) is 25.4 Å². The standard InChI is InChI=1S/C17H22N6O/c18-17(19)21-20-11-13-5-3-9-22(13)12-14-6-4-10-23(14)15-7-1-2-8-16(15)24/h1-2,4,6-8,10-11,13,24H,3,5,9,12H2,(H4,18,19,21)/b20-11+. The van der Waals surface area contributed by atoms with Gasteiger partial charge in [-0.3, -0.25) is 4.90 Å². The summed E-state index contributed by atoms with van der Waals surface area (Å²) in [6.07, 6.45) is 5.89. The zero-order chi connectivity index (χ0) is 16.9. The number of benzene rings is 1. The maximum Gasteiger partial charge on any atom is 0.211 e. The Kier molecular flexibility index (Phi) is 4.81. The van der Waals surface area contributed by atoms with Gasteiger partial charge in [0.25, 0.3) is 0 Å². The Balaban J connectivity index is 1.77. The summed E-state index contributed by atoms with van der Waals surface area (Å²) in [6, 6.07) is 11.6. The van der Waals surface area contributed by atoms with E-state index in [1.807, 2.05) is 35.0 Å². The van der Waals surface area contributed by atoms with Crippen LogP contribution in [0.3, 0.4) is 0 Å². The molecule has 0 spiro atoms. The second kappa shape index (κ2) is 7.18. The van der Waals surface area contributed by atoms with Crippen LogP contribution >= 0.6 is 0 Å². The lowest BCUT2D eigenvalue weighted by molar-refractivity contribution is 0.292. The minimum absolute atomic E-state index is 0.0378. The van der Waals surface area contributed by atoms with Crippen LogP contribution in [0.4, 0.5) is 0 Å². The van der Waals surface area contributed by atoms with Gasteiger partial charge in [0.15, 0.2) is 0 Å². The molecule has 1 fully saturated rings. The molecule has 2 aromatic rings. The van der Waals surface area contributed by atoms with Crippen molar-refractivity contribution in [3.05, 3.63) is 48.3 Å². The quantitative estimate of drug-likeness (QED) is 0.439. The molecule has 1 aromatic carbocycles. The van der Waals surface area contributed by atoms with Gasteiger partial charge in [0.2, 0.25) is 5.96 Å². The van der Waals surface area contributed by atoms with Gasteiger partial charge in [-0.2, -0.15) is 5.10 Å². The summed E-state index contributed by atoms with van der Waals surface area (Å²) in [6.45, 7) is 1.75. The summed E-state index contributed by atoms with van der Waals surface area (Å²) >= 11 is 0. The Morgan fingerprint density at radius 1 is 1.25 bits per heavy atom. The zero-order valence-corrected chi connectivity index (χ0v) is 13.4. The van der Waals surface area contributed by atoms with Crippen LogP contribution in [0.2, 0.25) is 0 Å². The van der Waals surface area contributed by atoms with E-state index in [-0.39, 0.29) is 17.8 Å². The third-order valence-electron chi connectivity index (χ3n) is 4.17. The van der Waals surface area contributed by atoms with E-state index in [1.54, 1.807) is 12.3 Å². The average Bonchev–Trinajstić information content (AvgIpc) is 3.18. The van der Waals surface area contributed by atoms with Crippen LogP contribution in [0, 0.1) is 0 Å². The van der Waals surface area contributed by atoms with Crippen molar-refractivity contribution in [2.75, 3.05) is 6.54 Å². The number of para-hydroxylation sites is 2. The first-order chi connectivity index (χ1) is 11.6. The zero-order valence-electron chi connectivity index (χ0n) is 13.4. The van der Waals surface area contributed by atoms with E-state index in [0.717, 1.165) is 37.3 Å². The van der Waals surface area contributed by atoms with Crippen LogP contribution in [0.1, 0.15) is 18.5 Å². The molecule has 126 valence electrons. The van der Waals surface area contributed by atoms with E-state index >= 15 is 0 Å². The smallest absolute Gasteiger partial charge is 0.211 e. The highest BCUT2D eigenvalue weighted by molar-refractivity contribution is 5.76. The number of rotatable bonds is 5. The van der Waals surface area contributed by atoms with Crippen molar-refractivity contribution in [3.63, 3.8) is 0 Å². The lowest BCUT2D eigenvalue weighted by Gasteiger charge is -2.22. The van der Waals surface area contributed by atoms with Crippen LogP contribution in [-0.2, 0) is 6.54 Å². The number of aromatic nitrogens is 1. The minimum Gasteiger partial charge on any atom is -0.506 e. The molecule has 0 aliphatic carbocycles. The highest BCUT2D eigenvalue weighted by atomic mass is 16.3. The molecule has 0 amide bonds. The molecule has 0 saturated carbocycles. The van der Waals surface area contributed by atoms with E-state index in [0.29, 0.717) is 0 Å². The normalized spacial score (nSPS) is 18.2. The van der Waals surface area contributed by atoms with Crippen LogP contribution in [0.5, 0.6) is 5.75 Å². The lowest BCUT2D eigenvalue weighted by Crippen LogP contribution is -2.31. The Labute approximate surface area is 140 Å². The molecule has 1 aliphatic heterocycles. The molecule has 1 aromatic heterocycles. The first kappa shape index (κ1) is 16.1. The monoisotopic (exact) mass is 326 g/mol. The first-order valence-corrected chi connectivity index (χ1v) is 7.96. The predicted molar refractivity (Wildman–Crippen MR) is 95.2 cm³/mol. The highest BCUT2D eigenvalue weighted by Crippen LogP contribution is 2.25. The third kappa shape index (κ3) is 3.57. The first-order valence-electron chi connectivity index (χ1n) is 7.96. The van der Waals surface area contributed by atoms with E-state index in [1.165, 1.54) is 0 Å². The Morgan fingerprint density at radius 3 is 2.88 bits per heavy atom. The summed E-state index contributed by atoms with van der Waals surface area (Å²) < 4.78 is 2.01. The van der Waals surface area contributed by atoms with Gasteiger partial charge in [0.1, 0.15) is 5.75 Å². The van der Waals surface area contributed by atoms with E-state index in [4.69, 9.17) is 11.5 Å². The third-order valence-corrected chi connectivity index (χ3v) is 4.17. The maximum atomic E-state index is 10.1. The Morgan fingerprint density at radius 2 is 2.08 bits per heavy atom. The summed E-state index contributed by atoms with van der Waals surface area (Å²) in [5.41, 5.74) is 12.5. The fraction of sp³-hybridized carbons (Fsp3) is 0.294. The van der Waals surface area contributed by atoms with Crippen LogP contribution in [0.25, 0.3) is 5.69 Å². The van der Waals surface area contributed by atoms with Gasteiger partial charge < -0.3 is 21.1 Å². The Hall–Kier alpha value is -2.80. The molecule has 1 atom stereocenters. The summed E-state index contributed by atoms with van der Waals surface area (Å²) in [7, 11) is 0. The predicted octanol–water partition coefficient (Wildman–Crippen LogP) is 1.41. The topological polar surface area (TPSA) is 105 Å². The van der Waals surface area contributed by atoms with E-state index in [2.05, 4.69) is 21.2 Å². The molecule has 5 N–H and O–H groups in total. The van der Waals surface area contributed by atoms with E-state index in [9.17, 15) is 5.11 Å². The van der Waals surface area contributed by atoms with Crippen molar-refractivity contribution in [2.24, 2.45) is 21.7 Å². The van der Waals surface area contributed by atoms with Crippen LogP contribution in [0.15, 0.2) is 52.8 Å². The summed E-state index contributed by atoms with van der Waals surface area (Å²) in [5, 5.41) is 17.7. The van der Waals surface area contributed by atoms with Crippen molar-refractivity contribution in [1.29, 1.82) is 0 Å². The number of phenols is 1. The minimum atomic E-state index is -0.0378. The van der Waals surface area contributed by atoms with E-state index < -0.39 is 0 Å². The van der Waals surface area contributed by atoms with Crippen molar-refractivity contribution >= 4 is 12.2 Å². The van der Waals surface area contributed by atoms with Crippen molar-refractivity contribution in [1.82, 2.24) is 9.47 Å². The number of aromatic hydroxyl groups is 1. The molecule has 2 heterocycles. The lowest BCUT2D eigenvalue weighted by atomic mass is 10.2. The number of hydrogen-bond donors (Lipinski definition) is 3. The molecule has 0 bridgehead atoms. The van der Waals surface area contributed by atoms with Gasteiger partial charge in [0.05, 0.1) is 5.69 Å². The number of guanidine groups is 1. The molecule has 1 aliphatic rings. The van der Waals surface area contributed by atoms with Crippen molar-refractivity contribution in [3.8, 4) is 11.4 Å². The summed E-state index contributed by atoms with van der Waals surface area (Å²) in [5.74, 6) is 0.228. The molecular formula is C17H22N6O. The molecule has 1 unspecified atom stereocenters. The van der Waals surface area contributed by atoms with Gasteiger partial charge in [-0.25, -0.2) is 0 Å². The second-order valence-electron chi connectivity index (χ2n) is 5.83. The maximum absolute atomic E-state index is 10.1. The Bertz CT molecular complexity index is 747. The molecule has 3 rings (SSSR count). The molecule has 0 radical (unpaired) electrons. The van der Waals surface area contributed by atoms with Crippen LogP contribution < -0.4 is 11.5 Å². The molecule has 24 heavy (non-hydrogen) atoms. The van der Waals surface area contributed by atoms with Gasteiger partial charge in [-0.05, 0) is 43.7 Å². The molecule has 7 nitrogen and oxygen atoms in total. The fourth-order valence-electron chi connectivity index (χ4n) is 3.05. The number of likely N-dealkylation sites (tertiary alicyclic amines) is 1. The number of nitrogens with zero attached hydrogens (tertiary/aromatic N) is 4. The molecule has 7 heteroatoms. The second-order valence-corrected chi connectivity index (χ2v) is 5.83. The number of hydrogen-bond acceptors (Lipinski definition) is 4. The molecular weight excluding hydrogens is 304 g/mol. The van der Waals surface area contributed by atoms with Gasteiger partial charge in [0, 0.05) is 30.7 Å². The van der Waals surface area contributed by atoms with Gasteiger partial charge >= 0.3 is 0 Å². The molecule has 1 saturated heterocycles. The number of nitrogens with two attached hydrogens (primary N) is 2. The highest BCUT2D eigenvalue weighted by Gasteiger charge is 2.24. The fourth-order valence-corrected chi connectivity index (χ4v) is 3.05.